The molecule has 1 N–H and O–H groups in total. The SMILES string of the molecule is Cc1ccc(S(=O)(=O)c2ncc[nH]2)c(C(C)(c2ccccc2)c2ccccc2)c1. The van der Waals surface area contributed by atoms with E-state index >= 15 is 0 Å². The second-order valence-electron chi connectivity index (χ2n) is 7.25. The summed E-state index contributed by atoms with van der Waals surface area (Å²) in [5, 5.41) is -0.0499. The molecule has 0 atom stereocenters. The van der Waals surface area contributed by atoms with Gasteiger partial charge < -0.3 is 4.98 Å². The summed E-state index contributed by atoms with van der Waals surface area (Å²) in [7, 11) is -3.81. The van der Waals surface area contributed by atoms with E-state index in [2.05, 4.69) is 16.9 Å². The Morgan fingerprint density at radius 1 is 0.862 bits per heavy atom. The number of sulfone groups is 1. The maximum atomic E-state index is 13.4. The number of H-pyrrole nitrogens is 1. The molecule has 4 rings (SSSR count). The van der Waals surface area contributed by atoms with Crippen LogP contribution in [0.2, 0.25) is 0 Å². The number of hydrogen-bond acceptors (Lipinski definition) is 3. The Bertz CT molecular complexity index is 1180. The van der Waals surface area contributed by atoms with Crippen molar-refractivity contribution in [3.8, 4) is 0 Å². The number of benzene rings is 3. The fourth-order valence-electron chi connectivity index (χ4n) is 3.79. The molecule has 0 radical (unpaired) electrons. The zero-order chi connectivity index (χ0) is 20.5. The van der Waals surface area contributed by atoms with E-state index in [1.54, 1.807) is 6.07 Å². The maximum Gasteiger partial charge on any atom is 0.240 e. The van der Waals surface area contributed by atoms with Crippen molar-refractivity contribution in [3.05, 3.63) is 114 Å². The van der Waals surface area contributed by atoms with Gasteiger partial charge in [-0.15, -0.1) is 0 Å². The number of aromatic amines is 1. The molecule has 0 saturated heterocycles. The number of nitrogens with zero attached hydrogens (tertiary/aromatic N) is 1. The second kappa shape index (κ2) is 7.33. The number of aryl methyl sites for hydroxylation is 1. The molecule has 29 heavy (non-hydrogen) atoms. The summed E-state index contributed by atoms with van der Waals surface area (Å²) in [6, 6.07) is 25.5. The van der Waals surface area contributed by atoms with Crippen molar-refractivity contribution >= 4 is 9.84 Å². The summed E-state index contributed by atoms with van der Waals surface area (Å²) in [6.07, 6.45) is 2.97. The minimum atomic E-state index is -3.81. The molecule has 1 aromatic heterocycles. The molecule has 0 aliphatic carbocycles. The minimum Gasteiger partial charge on any atom is -0.335 e. The van der Waals surface area contributed by atoms with Gasteiger partial charge in [0.2, 0.25) is 15.0 Å². The molecule has 0 unspecified atom stereocenters. The number of hydrogen-bond donors (Lipinski definition) is 1. The van der Waals surface area contributed by atoms with E-state index in [-0.39, 0.29) is 10.1 Å². The lowest BCUT2D eigenvalue weighted by molar-refractivity contribution is 0.582. The average molecular weight is 403 g/mol. The van der Waals surface area contributed by atoms with Gasteiger partial charge in [0.15, 0.2) is 0 Å². The van der Waals surface area contributed by atoms with Gasteiger partial charge in [-0.2, -0.15) is 0 Å². The van der Waals surface area contributed by atoms with Crippen molar-refractivity contribution < 1.29 is 8.42 Å². The van der Waals surface area contributed by atoms with Crippen molar-refractivity contribution in [2.75, 3.05) is 0 Å². The lowest BCUT2D eigenvalue weighted by atomic mass is 9.71. The Kier molecular flexibility index (Phi) is 4.84. The molecule has 0 saturated carbocycles. The minimum absolute atomic E-state index is 0.0499. The Hall–Kier alpha value is -3.18. The van der Waals surface area contributed by atoms with Crippen LogP contribution in [0.1, 0.15) is 29.2 Å². The van der Waals surface area contributed by atoms with Gasteiger partial charge in [0, 0.05) is 17.8 Å². The van der Waals surface area contributed by atoms with Crippen LogP contribution in [0.3, 0.4) is 0 Å². The van der Waals surface area contributed by atoms with Crippen molar-refractivity contribution in [2.24, 2.45) is 0 Å². The van der Waals surface area contributed by atoms with Crippen LogP contribution in [-0.2, 0) is 15.3 Å². The third-order valence-electron chi connectivity index (χ3n) is 5.39. The first-order valence-corrected chi connectivity index (χ1v) is 10.9. The Morgan fingerprint density at radius 3 is 1.97 bits per heavy atom. The molecule has 4 aromatic rings. The summed E-state index contributed by atoms with van der Waals surface area (Å²) >= 11 is 0. The number of aromatic nitrogens is 2. The van der Waals surface area contributed by atoms with Gasteiger partial charge in [-0.25, -0.2) is 13.4 Å². The highest BCUT2D eigenvalue weighted by Gasteiger charge is 2.37. The van der Waals surface area contributed by atoms with Gasteiger partial charge in [-0.3, -0.25) is 0 Å². The molecule has 0 bridgehead atoms. The lowest BCUT2D eigenvalue weighted by Crippen LogP contribution is -2.28. The van der Waals surface area contributed by atoms with E-state index < -0.39 is 15.3 Å². The molecule has 0 amide bonds. The molecule has 146 valence electrons. The summed E-state index contributed by atoms with van der Waals surface area (Å²) in [4.78, 5) is 7.02. The average Bonchev–Trinajstić information content (AvgIpc) is 3.30. The van der Waals surface area contributed by atoms with Crippen LogP contribution in [0, 0.1) is 6.92 Å². The van der Waals surface area contributed by atoms with Gasteiger partial charge in [0.1, 0.15) is 0 Å². The zero-order valence-electron chi connectivity index (χ0n) is 16.3. The summed E-state index contributed by atoms with van der Waals surface area (Å²) in [6.45, 7) is 4.05. The van der Waals surface area contributed by atoms with Crippen LogP contribution in [0.25, 0.3) is 0 Å². The highest BCUT2D eigenvalue weighted by atomic mass is 32.2. The molecule has 0 fully saturated rings. The molecule has 0 spiro atoms. The number of nitrogens with one attached hydrogen (secondary N) is 1. The van der Waals surface area contributed by atoms with E-state index in [1.165, 1.54) is 12.4 Å². The monoisotopic (exact) mass is 402 g/mol. The molecule has 1 heterocycles. The highest BCUT2D eigenvalue weighted by Crippen LogP contribution is 2.42. The Labute approximate surface area is 171 Å². The molecular weight excluding hydrogens is 380 g/mol. The fraction of sp³-hybridized carbons (Fsp3) is 0.125. The topological polar surface area (TPSA) is 62.8 Å². The van der Waals surface area contributed by atoms with Crippen molar-refractivity contribution in [1.82, 2.24) is 9.97 Å². The van der Waals surface area contributed by atoms with Gasteiger partial charge in [-0.1, -0.05) is 78.4 Å². The predicted molar refractivity (Wildman–Crippen MR) is 114 cm³/mol. The normalized spacial score (nSPS) is 12.1. The highest BCUT2D eigenvalue weighted by molar-refractivity contribution is 7.91. The molecule has 5 heteroatoms. The predicted octanol–water partition coefficient (Wildman–Crippen LogP) is 4.91. The largest absolute Gasteiger partial charge is 0.335 e. The van der Waals surface area contributed by atoms with E-state index in [0.29, 0.717) is 0 Å². The third-order valence-corrected chi connectivity index (χ3v) is 7.06. The quantitative estimate of drug-likeness (QED) is 0.483. The lowest BCUT2D eigenvalue weighted by Gasteiger charge is -2.33. The van der Waals surface area contributed by atoms with Crippen molar-refractivity contribution in [3.63, 3.8) is 0 Å². The van der Waals surface area contributed by atoms with Crippen LogP contribution in [0.15, 0.2) is 101 Å². The van der Waals surface area contributed by atoms with Crippen LogP contribution in [0.4, 0.5) is 0 Å². The maximum absolute atomic E-state index is 13.4. The molecule has 0 aliphatic heterocycles. The van der Waals surface area contributed by atoms with Crippen LogP contribution in [-0.4, -0.2) is 18.4 Å². The fourth-order valence-corrected chi connectivity index (χ4v) is 5.22. The van der Waals surface area contributed by atoms with E-state index in [0.717, 1.165) is 22.3 Å². The van der Waals surface area contributed by atoms with Gasteiger partial charge in [0.05, 0.1) is 4.90 Å². The second-order valence-corrected chi connectivity index (χ2v) is 9.09. The van der Waals surface area contributed by atoms with Crippen molar-refractivity contribution in [2.45, 2.75) is 29.3 Å². The first kappa shape index (κ1) is 19.2. The smallest absolute Gasteiger partial charge is 0.240 e. The molecular formula is C24H22N2O2S. The molecule has 0 aliphatic rings. The van der Waals surface area contributed by atoms with Crippen LogP contribution in [0.5, 0.6) is 0 Å². The first-order chi connectivity index (χ1) is 13.9. The summed E-state index contributed by atoms with van der Waals surface area (Å²) in [5.41, 5.74) is 3.10. The Morgan fingerprint density at radius 2 is 1.45 bits per heavy atom. The van der Waals surface area contributed by atoms with Gasteiger partial charge >= 0.3 is 0 Å². The first-order valence-electron chi connectivity index (χ1n) is 9.40. The standard InChI is InChI=1S/C24H22N2O2S/c1-18-13-14-22(29(27,28)23-25-15-16-26-23)21(17-18)24(2,19-9-5-3-6-10-19)20-11-7-4-8-12-20/h3-17H,1-2H3,(H,25,26). The molecule has 4 nitrogen and oxygen atoms in total. The summed E-state index contributed by atoms with van der Waals surface area (Å²) < 4.78 is 26.9. The summed E-state index contributed by atoms with van der Waals surface area (Å²) in [5.74, 6) is 0. The van der Waals surface area contributed by atoms with Gasteiger partial charge in [0.25, 0.3) is 0 Å². The van der Waals surface area contributed by atoms with Crippen LogP contribution < -0.4 is 0 Å². The third kappa shape index (κ3) is 3.28. The number of rotatable bonds is 5. The Balaban J connectivity index is 2.06. The van der Waals surface area contributed by atoms with E-state index in [9.17, 15) is 8.42 Å². The molecule has 3 aromatic carbocycles. The van der Waals surface area contributed by atoms with Crippen LogP contribution >= 0.6 is 0 Å². The zero-order valence-corrected chi connectivity index (χ0v) is 17.1. The van der Waals surface area contributed by atoms with Gasteiger partial charge in [-0.05, 0) is 36.6 Å². The van der Waals surface area contributed by atoms with E-state index in [4.69, 9.17) is 0 Å². The van der Waals surface area contributed by atoms with Crippen molar-refractivity contribution in [1.29, 1.82) is 0 Å². The number of imidazole rings is 1. The van der Waals surface area contributed by atoms with E-state index in [1.807, 2.05) is 79.7 Å².